The average Bonchev–Trinajstić information content (AvgIpc) is 2.99. The number of rotatable bonds is 6. The zero-order chi connectivity index (χ0) is 22.7. The number of hydrogen-bond donors (Lipinski definition) is 1. The Kier molecular flexibility index (Phi) is 5.95. The fourth-order valence-electron chi connectivity index (χ4n) is 4.14. The zero-order valence-electron chi connectivity index (χ0n) is 19.1. The topological polar surface area (TPSA) is 61.3 Å². The average molecular weight is 433 g/mol. The lowest BCUT2D eigenvalue weighted by atomic mass is 9.84. The van der Waals surface area contributed by atoms with Crippen LogP contribution in [0.4, 0.5) is 11.4 Å². The van der Waals surface area contributed by atoms with Gasteiger partial charge in [-0.1, -0.05) is 12.1 Å². The second kappa shape index (κ2) is 8.83. The van der Waals surface area contributed by atoms with Crippen LogP contribution in [-0.4, -0.2) is 34.2 Å². The molecule has 0 fully saturated rings. The van der Waals surface area contributed by atoms with Crippen LogP contribution in [0.5, 0.6) is 23.0 Å². The molecule has 0 saturated heterocycles. The van der Waals surface area contributed by atoms with E-state index in [0.717, 1.165) is 45.5 Å². The van der Waals surface area contributed by atoms with Crippen LogP contribution in [0.1, 0.15) is 24.5 Å². The Morgan fingerprint density at radius 2 is 1.47 bits per heavy atom. The second-order valence-electron chi connectivity index (χ2n) is 7.84. The molecule has 6 heteroatoms. The van der Waals surface area contributed by atoms with Crippen molar-refractivity contribution < 1.29 is 18.9 Å². The standard InChI is InChI=1S/C26H28N2O4/c1-26(20-14-17(29-2)11-13-24(20)31-4)16-23(27-21-8-6-7-9-22(21)28-26)19-12-10-18(30-3)15-25(19)32-5/h6-15,28H,16H2,1-5H3. The van der Waals surface area contributed by atoms with Crippen LogP contribution in [-0.2, 0) is 5.54 Å². The number of nitrogens with zero attached hydrogens (tertiary/aromatic N) is 1. The SMILES string of the molecule is COc1ccc(C2=Nc3ccccc3NC(C)(c3cc(OC)ccc3OC)C2)c(OC)c1. The summed E-state index contributed by atoms with van der Waals surface area (Å²) in [7, 11) is 6.65. The Labute approximate surface area is 188 Å². The lowest BCUT2D eigenvalue weighted by Crippen LogP contribution is -2.34. The number of methoxy groups -OCH3 is 4. The van der Waals surface area contributed by atoms with Gasteiger partial charge in [0.1, 0.15) is 23.0 Å². The number of ether oxygens (including phenoxy) is 4. The molecule has 1 atom stereocenters. The van der Waals surface area contributed by atoms with E-state index in [1.54, 1.807) is 28.4 Å². The highest BCUT2D eigenvalue weighted by molar-refractivity contribution is 6.06. The van der Waals surface area contributed by atoms with Crippen molar-refractivity contribution in [3.63, 3.8) is 0 Å². The van der Waals surface area contributed by atoms with Crippen molar-refractivity contribution in [1.29, 1.82) is 0 Å². The summed E-state index contributed by atoms with van der Waals surface area (Å²) in [6, 6.07) is 19.7. The van der Waals surface area contributed by atoms with E-state index in [4.69, 9.17) is 23.9 Å². The van der Waals surface area contributed by atoms with Gasteiger partial charge in [-0.3, -0.25) is 4.99 Å². The van der Waals surface area contributed by atoms with Gasteiger partial charge in [0.25, 0.3) is 0 Å². The number of nitrogens with one attached hydrogen (secondary N) is 1. The van der Waals surface area contributed by atoms with E-state index >= 15 is 0 Å². The summed E-state index contributed by atoms with van der Waals surface area (Å²) in [5.41, 5.74) is 4.08. The molecule has 4 rings (SSSR count). The van der Waals surface area contributed by atoms with Crippen molar-refractivity contribution in [2.24, 2.45) is 4.99 Å². The molecular formula is C26H28N2O4. The third-order valence-corrected chi connectivity index (χ3v) is 5.81. The number of benzene rings is 3. The molecule has 1 heterocycles. The maximum absolute atomic E-state index is 5.73. The molecule has 0 aromatic heterocycles. The molecule has 32 heavy (non-hydrogen) atoms. The predicted octanol–water partition coefficient (Wildman–Crippen LogP) is 5.57. The summed E-state index contributed by atoms with van der Waals surface area (Å²) in [6.07, 6.45) is 0.591. The number of fused-ring (bicyclic) bond motifs is 1. The van der Waals surface area contributed by atoms with Crippen molar-refractivity contribution in [3.8, 4) is 23.0 Å². The first kappa shape index (κ1) is 21.6. The van der Waals surface area contributed by atoms with Crippen LogP contribution < -0.4 is 24.3 Å². The molecule has 6 nitrogen and oxygen atoms in total. The number of para-hydroxylation sites is 2. The van der Waals surface area contributed by atoms with Crippen molar-refractivity contribution in [2.75, 3.05) is 33.8 Å². The first-order valence-electron chi connectivity index (χ1n) is 10.4. The first-order valence-corrected chi connectivity index (χ1v) is 10.4. The first-order chi connectivity index (χ1) is 15.5. The molecule has 0 spiro atoms. The van der Waals surface area contributed by atoms with E-state index in [0.29, 0.717) is 12.2 Å². The highest BCUT2D eigenvalue weighted by Gasteiger charge is 2.35. The quantitative estimate of drug-likeness (QED) is 0.552. The molecule has 1 N–H and O–H groups in total. The van der Waals surface area contributed by atoms with Gasteiger partial charge in [-0.2, -0.15) is 0 Å². The van der Waals surface area contributed by atoms with Gasteiger partial charge in [-0.05, 0) is 49.4 Å². The Bertz CT molecular complexity index is 1160. The van der Waals surface area contributed by atoms with Crippen LogP contribution in [0.25, 0.3) is 0 Å². The predicted molar refractivity (Wildman–Crippen MR) is 127 cm³/mol. The highest BCUT2D eigenvalue weighted by Crippen LogP contribution is 2.44. The summed E-state index contributed by atoms with van der Waals surface area (Å²) >= 11 is 0. The van der Waals surface area contributed by atoms with Crippen LogP contribution >= 0.6 is 0 Å². The van der Waals surface area contributed by atoms with E-state index < -0.39 is 5.54 Å². The van der Waals surface area contributed by atoms with Gasteiger partial charge in [-0.25, -0.2) is 0 Å². The third-order valence-electron chi connectivity index (χ3n) is 5.81. The minimum atomic E-state index is -0.531. The molecule has 0 saturated carbocycles. The molecule has 0 aliphatic carbocycles. The maximum Gasteiger partial charge on any atom is 0.131 e. The highest BCUT2D eigenvalue weighted by atomic mass is 16.5. The van der Waals surface area contributed by atoms with Crippen LogP contribution in [0.3, 0.4) is 0 Å². The van der Waals surface area contributed by atoms with Crippen molar-refractivity contribution in [3.05, 3.63) is 71.8 Å². The summed E-state index contributed by atoms with van der Waals surface area (Å²) < 4.78 is 22.3. The summed E-state index contributed by atoms with van der Waals surface area (Å²) in [5.74, 6) is 2.99. The molecule has 1 aliphatic rings. The number of hydrogen-bond acceptors (Lipinski definition) is 6. The Balaban J connectivity index is 1.91. The van der Waals surface area contributed by atoms with E-state index in [-0.39, 0.29) is 0 Å². The van der Waals surface area contributed by atoms with Crippen LogP contribution in [0, 0.1) is 0 Å². The van der Waals surface area contributed by atoms with Crippen molar-refractivity contribution in [2.45, 2.75) is 18.9 Å². The summed E-state index contributed by atoms with van der Waals surface area (Å²) in [5, 5.41) is 3.72. The van der Waals surface area contributed by atoms with Gasteiger partial charge in [-0.15, -0.1) is 0 Å². The molecule has 0 radical (unpaired) electrons. The van der Waals surface area contributed by atoms with Gasteiger partial charge in [0.15, 0.2) is 0 Å². The van der Waals surface area contributed by atoms with Gasteiger partial charge in [0, 0.05) is 23.6 Å². The minimum absolute atomic E-state index is 0.531. The second-order valence-corrected chi connectivity index (χ2v) is 7.84. The van der Waals surface area contributed by atoms with Crippen molar-refractivity contribution in [1.82, 2.24) is 0 Å². The van der Waals surface area contributed by atoms with E-state index in [1.807, 2.05) is 60.7 Å². The fraction of sp³-hybridized carbons (Fsp3) is 0.269. The summed E-state index contributed by atoms with van der Waals surface area (Å²) in [6.45, 7) is 2.15. The lowest BCUT2D eigenvalue weighted by Gasteiger charge is -2.33. The van der Waals surface area contributed by atoms with E-state index in [2.05, 4.69) is 12.2 Å². The Hall–Kier alpha value is -3.67. The maximum atomic E-state index is 5.73. The zero-order valence-corrected chi connectivity index (χ0v) is 19.1. The monoisotopic (exact) mass is 432 g/mol. The fourth-order valence-corrected chi connectivity index (χ4v) is 4.14. The lowest BCUT2D eigenvalue weighted by molar-refractivity contribution is 0.386. The Morgan fingerprint density at radius 1 is 0.781 bits per heavy atom. The normalized spacial score (nSPS) is 17.3. The van der Waals surface area contributed by atoms with Gasteiger partial charge >= 0.3 is 0 Å². The van der Waals surface area contributed by atoms with Gasteiger partial charge < -0.3 is 24.3 Å². The minimum Gasteiger partial charge on any atom is -0.497 e. The van der Waals surface area contributed by atoms with Crippen LogP contribution in [0.2, 0.25) is 0 Å². The van der Waals surface area contributed by atoms with E-state index in [1.165, 1.54) is 0 Å². The van der Waals surface area contributed by atoms with Crippen molar-refractivity contribution >= 4 is 17.1 Å². The molecule has 0 amide bonds. The molecular weight excluding hydrogens is 404 g/mol. The Morgan fingerprint density at radius 3 is 2.19 bits per heavy atom. The smallest absolute Gasteiger partial charge is 0.131 e. The third kappa shape index (κ3) is 3.96. The molecule has 1 aliphatic heterocycles. The number of anilines is 1. The summed E-state index contributed by atoms with van der Waals surface area (Å²) in [4.78, 5) is 5.05. The number of aliphatic imine (C=N–C) groups is 1. The van der Waals surface area contributed by atoms with Gasteiger partial charge in [0.2, 0.25) is 0 Å². The molecule has 1 unspecified atom stereocenters. The molecule has 3 aromatic rings. The van der Waals surface area contributed by atoms with Crippen LogP contribution in [0.15, 0.2) is 65.7 Å². The molecule has 166 valence electrons. The molecule has 3 aromatic carbocycles. The molecule has 0 bridgehead atoms. The van der Waals surface area contributed by atoms with Gasteiger partial charge in [0.05, 0.1) is 51.1 Å². The largest absolute Gasteiger partial charge is 0.497 e. The van der Waals surface area contributed by atoms with E-state index in [9.17, 15) is 0 Å².